The van der Waals surface area contributed by atoms with E-state index in [9.17, 15) is 9.59 Å². The molecule has 31 heavy (non-hydrogen) atoms. The Hall–Kier alpha value is -3.36. The second-order valence-electron chi connectivity index (χ2n) is 7.04. The van der Waals surface area contributed by atoms with Crippen LogP contribution in [0.5, 0.6) is 5.75 Å². The lowest BCUT2D eigenvalue weighted by atomic mass is 10.1. The highest BCUT2D eigenvalue weighted by Crippen LogP contribution is 2.29. The van der Waals surface area contributed by atoms with Gasteiger partial charge < -0.3 is 21.1 Å². The van der Waals surface area contributed by atoms with Gasteiger partial charge in [0.05, 0.1) is 17.8 Å². The minimum Gasteiger partial charge on any atom is -0.497 e. The summed E-state index contributed by atoms with van der Waals surface area (Å²) in [5.41, 5.74) is 7.61. The molecule has 8 nitrogen and oxygen atoms in total. The summed E-state index contributed by atoms with van der Waals surface area (Å²) in [7, 11) is 3.37. The lowest BCUT2D eigenvalue weighted by Gasteiger charge is -2.15. The molecule has 9 heteroatoms. The van der Waals surface area contributed by atoms with E-state index >= 15 is 0 Å². The fourth-order valence-electron chi connectivity index (χ4n) is 3.21. The molecule has 3 aromatic rings. The van der Waals surface area contributed by atoms with E-state index in [2.05, 4.69) is 15.6 Å². The minimum atomic E-state index is -0.652. The van der Waals surface area contributed by atoms with E-state index in [-0.39, 0.29) is 22.4 Å². The summed E-state index contributed by atoms with van der Waals surface area (Å²) in [5, 5.41) is 6.15. The zero-order valence-electron chi connectivity index (χ0n) is 17.7. The highest BCUT2D eigenvalue weighted by molar-refractivity contribution is 6.32. The van der Waals surface area contributed by atoms with Crippen molar-refractivity contribution in [2.45, 2.75) is 19.9 Å². The zero-order valence-corrected chi connectivity index (χ0v) is 18.4. The fraction of sp³-hybridized carbons (Fsp3) is 0.227. The summed E-state index contributed by atoms with van der Waals surface area (Å²) < 4.78 is 6.41. The summed E-state index contributed by atoms with van der Waals surface area (Å²) in [6.07, 6.45) is 1.25. The molecule has 2 aromatic carbocycles. The molecule has 162 valence electrons. The molecule has 0 aliphatic carbocycles. The predicted octanol–water partition coefficient (Wildman–Crippen LogP) is 3.32. The number of ether oxygens (including phenoxy) is 1. The van der Waals surface area contributed by atoms with Gasteiger partial charge in [-0.05, 0) is 50.2 Å². The highest BCUT2D eigenvalue weighted by atomic mass is 35.5. The van der Waals surface area contributed by atoms with Crippen molar-refractivity contribution in [3.8, 4) is 11.4 Å². The number of nitrogens with two attached hydrogens (primary N) is 1. The third-order valence-electron chi connectivity index (χ3n) is 5.01. The number of nitrogen functional groups attached to an aromatic ring is 1. The molecule has 1 heterocycles. The van der Waals surface area contributed by atoms with Gasteiger partial charge in [0.15, 0.2) is 0 Å². The van der Waals surface area contributed by atoms with Crippen molar-refractivity contribution in [3.63, 3.8) is 0 Å². The van der Waals surface area contributed by atoms with Crippen molar-refractivity contribution in [1.82, 2.24) is 14.9 Å². The number of carbonyl (C=O) groups excluding carboxylic acids is 1. The minimum absolute atomic E-state index is 0.0951. The van der Waals surface area contributed by atoms with E-state index < -0.39 is 11.5 Å². The highest BCUT2D eigenvalue weighted by Gasteiger charge is 2.21. The second-order valence-corrected chi connectivity index (χ2v) is 7.45. The molecule has 1 aromatic heterocycles. The number of carbonyl (C=O) groups is 1. The first-order valence-electron chi connectivity index (χ1n) is 9.57. The van der Waals surface area contributed by atoms with Crippen molar-refractivity contribution in [2.75, 3.05) is 25.2 Å². The Morgan fingerprint density at radius 2 is 2.03 bits per heavy atom. The summed E-state index contributed by atoms with van der Waals surface area (Å²) in [6.45, 7) is 3.78. The summed E-state index contributed by atoms with van der Waals surface area (Å²) in [5.74, 6) is -0.266. The summed E-state index contributed by atoms with van der Waals surface area (Å²) in [6, 6.07) is 10.7. The van der Waals surface area contributed by atoms with E-state index in [1.54, 1.807) is 25.1 Å². The van der Waals surface area contributed by atoms with Crippen LogP contribution in [-0.4, -0.2) is 29.6 Å². The molecular weight excluding hydrogens is 418 g/mol. The fourth-order valence-corrected chi connectivity index (χ4v) is 3.56. The number of aryl methyl sites for hydroxylation is 1. The SMILES string of the molecule is CN[C@H](C)c1cccc(NC(=O)c2c(N)ncn(-c3c(C)cc(OC)cc3Cl)c2=O)c1. The average molecular weight is 442 g/mol. The number of nitrogens with zero attached hydrogens (tertiary/aromatic N) is 2. The number of hydrogen-bond donors (Lipinski definition) is 3. The molecule has 1 amide bonds. The van der Waals surface area contributed by atoms with Gasteiger partial charge in [-0.25, -0.2) is 4.98 Å². The van der Waals surface area contributed by atoms with Crippen LogP contribution in [0.1, 0.15) is 34.5 Å². The quantitative estimate of drug-likeness (QED) is 0.541. The lowest BCUT2D eigenvalue weighted by molar-refractivity contribution is 0.102. The largest absolute Gasteiger partial charge is 0.497 e. The van der Waals surface area contributed by atoms with Crippen LogP contribution >= 0.6 is 11.6 Å². The predicted molar refractivity (Wildman–Crippen MR) is 122 cm³/mol. The van der Waals surface area contributed by atoms with E-state index in [0.29, 0.717) is 22.7 Å². The van der Waals surface area contributed by atoms with E-state index in [0.717, 1.165) is 5.56 Å². The Kier molecular flexibility index (Phi) is 6.62. The number of hydrogen-bond acceptors (Lipinski definition) is 6. The molecule has 0 radical (unpaired) electrons. The number of anilines is 2. The first kappa shape index (κ1) is 22.3. The molecule has 0 saturated carbocycles. The van der Waals surface area contributed by atoms with Gasteiger partial charge in [-0.3, -0.25) is 14.2 Å². The number of halogens is 1. The Labute approximate surface area is 185 Å². The van der Waals surface area contributed by atoms with Crippen LogP contribution in [0.25, 0.3) is 5.69 Å². The van der Waals surface area contributed by atoms with Crippen molar-refractivity contribution >= 4 is 29.0 Å². The maximum atomic E-state index is 13.2. The van der Waals surface area contributed by atoms with Gasteiger partial charge in [-0.15, -0.1) is 0 Å². The van der Waals surface area contributed by atoms with Crippen LogP contribution in [0.15, 0.2) is 47.5 Å². The normalized spacial score (nSPS) is 11.8. The monoisotopic (exact) mass is 441 g/mol. The summed E-state index contributed by atoms with van der Waals surface area (Å²) in [4.78, 5) is 30.2. The van der Waals surface area contributed by atoms with Crippen molar-refractivity contribution in [3.05, 3.63) is 74.8 Å². The smallest absolute Gasteiger partial charge is 0.273 e. The zero-order chi connectivity index (χ0) is 22.7. The number of nitrogens with one attached hydrogen (secondary N) is 2. The van der Waals surface area contributed by atoms with E-state index in [1.165, 1.54) is 18.0 Å². The number of aromatic nitrogens is 2. The second kappa shape index (κ2) is 9.20. The Balaban J connectivity index is 2.02. The van der Waals surface area contributed by atoms with Crippen LogP contribution < -0.4 is 26.7 Å². The molecular formula is C22H24ClN5O3. The molecule has 0 spiro atoms. The number of methoxy groups -OCH3 is 1. The Bertz CT molecular complexity index is 1170. The van der Waals surface area contributed by atoms with Gasteiger partial charge in [0.2, 0.25) is 0 Å². The maximum Gasteiger partial charge on any atom is 0.273 e. The van der Waals surface area contributed by atoms with Crippen LogP contribution in [-0.2, 0) is 0 Å². The molecule has 0 aliphatic heterocycles. The topological polar surface area (TPSA) is 111 Å². The van der Waals surface area contributed by atoms with Gasteiger partial charge >= 0.3 is 0 Å². The number of benzene rings is 2. The average Bonchev–Trinajstić information content (AvgIpc) is 2.74. The number of amides is 1. The van der Waals surface area contributed by atoms with Gasteiger partial charge in [-0.2, -0.15) is 0 Å². The molecule has 0 unspecified atom stereocenters. The van der Waals surface area contributed by atoms with Gasteiger partial charge in [0.25, 0.3) is 11.5 Å². The number of rotatable bonds is 6. The molecule has 0 fully saturated rings. The molecule has 0 aliphatic rings. The Morgan fingerprint density at radius 3 is 2.68 bits per heavy atom. The molecule has 1 atom stereocenters. The van der Waals surface area contributed by atoms with Crippen LogP contribution in [0.3, 0.4) is 0 Å². The molecule has 3 rings (SSSR count). The van der Waals surface area contributed by atoms with E-state index in [1.807, 2.05) is 32.2 Å². The van der Waals surface area contributed by atoms with E-state index in [4.69, 9.17) is 22.1 Å². The lowest BCUT2D eigenvalue weighted by Crippen LogP contribution is -2.31. The van der Waals surface area contributed by atoms with Crippen molar-refractivity contribution in [1.29, 1.82) is 0 Å². The first-order chi connectivity index (χ1) is 14.8. The van der Waals surface area contributed by atoms with Crippen molar-refractivity contribution in [2.24, 2.45) is 0 Å². The van der Waals surface area contributed by atoms with Gasteiger partial charge in [-0.1, -0.05) is 23.7 Å². The van der Waals surface area contributed by atoms with Crippen LogP contribution in [0.2, 0.25) is 5.02 Å². The van der Waals surface area contributed by atoms with Gasteiger partial charge in [0.1, 0.15) is 23.5 Å². The standard InChI is InChI=1S/C22H24ClN5O3/c1-12-8-16(31-4)10-17(23)19(12)28-11-26-20(24)18(22(28)30)21(29)27-15-7-5-6-14(9-15)13(2)25-3/h5-11,13,25H,24H2,1-4H3,(H,27,29)/t13-/m1/s1. The van der Waals surface area contributed by atoms with Crippen molar-refractivity contribution < 1.29 is 9.53 Å². The molecule has 0 saturated heterocycles. The Morgan fingerprint density at radius 1 is 1.29 bits per heavy atom. The first-order valence-corrected chi connectivity index (χ1v) is 9.94. The summed E-state index contributed by atoms with van der Waals surface area (Å²) >= 11 is 6.38. The van der Waals surface area contributed by atoms with Gasteiger partial charge in [0, 0.05) is 17.8 Å². The third-order valence-corrected chi connectivity index (χ3v) is 5.30. The van der Waals surface area contributed by atoms with Crippen LogP contribution in [0, 0.1) is 6.92 Å². The maximum absolute atomic E-state index is 13.2. The molecule has 0 bridgehead atoms. The molecule has 4 N–H and O–H groups in total. The van der Waals surface area contributed by atoms with Crippen LogP contribution in [0.4, 0.5) is 11.5 Å². The third kappa shape index (κ3) is 4.55.